The lowest BCUT2D eigenvalue weighted by Crippen LogP contribution is -2.06. The number of phenols is 1. The highest BCUT2D eigenvalue weighted by molar-refractivity contribution is 7.85. The Morgan fingerprint density at radius 3 is 2.19 bits per heavy atom. The van der Waals surface area contributed by atoms with Crippen molar-refractivity contribution in [3.05, 3.63) is 52.0 Å². The zero-order valence-corrected chi connectivity index (χ0v) is 16.3. The van der Waals surface area contributed by atoms with E-state index in [4.69, 9.17) is 0 Å². The maximum absolute atomic E-state index is 10.8. The largest absolute Gasteiger partial charge is 0.748 e. The number of aromatic nitrogens is 2. The van der Waals surface area contributed by atoms with Gasteiger partial charge in [0.2, 0.25) is 0 Å². The quantitative estimate of drug-likeness (QED) is 0.495. The molecule has 4 aromatic rings. The molecule has 138 valence electrons. The molecular weight excluding hydrogens is 404 g/mol. The van der Waals surface area contributed by atoms with Crippen molar-refractivity contribution in [1.82, 2.24) is 9.97 Å². The lowest BCUT2D eigenvalue weighted by Gasteiger charge is -2.06. The highest BCUT2D eigenvalue weighted by atomic mass is 32.2. The van der Waals surface area contributed by atoms with Gasteiger partial charge in [0.15, 0.2) is 0 Å². The molecule has 0 atom stereocenters. The molecule has 0 saturated heterocycles. The number of nitrogens with zero attached hydrogens (tertiary/aromatic N) is 2. The minimum Gasteiger partial charge on any atom is -0.748 e. The van der Waals surface area contributed by atoms with E-state index in [2.05, 4.69) is 9.97 Å². The predicted molar refractivity (Wildman–Crippen MR) is 108 cm³/mol. The number of hydrogen-bond acceptors (Lipinski definition) is 8. The standard InChI is InChI=1S/C18H14N2O4S3/c21-12-2-4-14-16(10-12)26-18(20-14)6-5-17-19-13-3-1-11(9-15(13)25-17)7-8-27(22,23)24/h1-6,9-10,21H,7-8H2,(H,22,23,24)/p-1/b6-5+. The summed E-state index contributed by atoms with van der Waals surface area (Å²) >= 11 is 2.97. The van der Waals surface area contributed by atoms with Gasteiger partial charge in [0.1, 0.15) is 15.8 Å². The van der Waals surface area contributed by atoms with Gasteiger partial charge < -0.3 is 9.66 Å². The number of hydrogen-bond donors (Lipinski definition) is 1. The van der Waals surface area contributed by atoms with Gasteiger partial charge in [0, 0.05) is 5.75 Å². The second kappa shape index (κ2) is 7.01. The normalized spacial score (nSPS) is 12.5. The van der Waals surface area contributed by atoms with E-state index in [0.717, 1.165) is 36.0 Å². The van der Waals surface area contributed by atoms with Crippen molar-refractivity contribution in [1.29, 1.82) is 0 Å². The van der Waals surface area contributed by atoms with Crippen molar-refractivity contribution in [2.24, 2.45) is 0 Å². The van der Waals surface area contributed by atoms with Gasteiger partial charge in [-0.05, 0) is 54.5 Å². The fraction of sp³-hybridized carbons (Fsp3) is 0.111. The van der Waals surface area contributed by atoms with E-state index in [0.29, 0.717) is 0 Å². The van der Waals surface area contributed by atoms with Gasteiger partial charge in [-0.1, -0.05) is 6.07 Å². The summed E-state index contributed by atoms with van der Waals surface area (Å²) in [5.41, 5.74) is 2.45. The van der Waals surface area contributed by atoms with E-state index in [1.54, 1.807) is 24.3 Å². The Labute approximate surface area is 163 Å². The van der Waals surface area contributed by atoms with Crippen molar-refractivity contribution >= 4 is 65.4 Å². The summed E-state index contributed by atoms with van der Waals surface area (Å²) in [6.45, 7) is 0. The number of aryl methyl sites for hydroxylation is 1. The van der Waals surface area contributed by atoms with Gasteiger partial charge >= 0.3 is 0 Å². The molecule has 2 aromatic carbocycles. The molecule has 2 aromatic heterocycles. The molecule has 0 bridgehead atoms. The first kappa shape index (κ1) is 18.1. The molecule has 0 saturated carbocycles. The summed E-state index contributed by atoms with van der Waals surface area (Å²) in [5, 5.41) is 11.2. The Morgan fingerprint density at radius 1 is 0.963 bits per heavy atom. The molecule has 0 amide bonds. The summed E-state index contributed by atoms with van der Waals surface area (Å²) in [5.74, 6) is -0.189. The molecule has 0 unspecified atom stereocenters. The lowest BCUT2D eigenvalue weighted by molar-refractivity contribution is 0.462. The van der Waals surface area contributed by atoms with Crippen molar-refractivity contribution in [2.75, 3.05) is 5.75 Å². The molecule has 0 spiro atoms. The Bertz CT molecular complexity index is 1270. The van der Waals surface area contributed by atoms with E-state index in [1.807, 2.05) is 24.3 Å². The average Bonchev–Trinajstić information content (AvgIpc) is 3.19. The molecule has 9 heteroatoms. The summed E-state index contributed by atoms with van der Waals surface area (Å²) in [6.07, 6.45) is 3.96. The molecule has 6 nitrogen and oxygen atoms in total. The topological polar surface area (TPSA) is 103 Å². The SMILES string of the molecule is O=S(=O)([O-])CCc1ccc2nc(/C=C/c3nc4ccc(O)cc4s3)sc2c1. The van der Waals surface area contributed by atoms with Crippen molar-refractivity contribution in [3.8, 4) is 5.75 Å². The molecule has 0 radical (unpaired) electrons. The molecule has 1 N–H and O–H groups in total. The molecule has 0 aliphatic heterocycles. The van der Waals surface area contributed by atoms with E-state index in [9.17, 15) is 18.1 Å². The molecule has 0 aliphatic rings. The fourth-order valence-corrected chi connectivity index (χ4v) is 4.92. The first-order valence-corrected chi connectivity index (χ1v) is 11.2. The smallest absolute Gasteiger partial charge is 0.117 e. The van der Waals surface area contributed by atoms with Crippen LogP contribution in [0.2, 0.25) is 0 Å². The number of benzene rings is 2. The summed E-state index contributed by atoms with van der Waals surface area (Å²) < 4.78 is 34.2. The van der Waals surface area contributed by atoms with Crippen molar-refractivity contribution < 1.29 is 18.1 Å². The Morgan fingerprint density at radius 2 is 1.56 bits per heavy atom. The zero-order chi connectivity index (χ0) is 19.0. The van der Waals surface area contributed by atoms with Crippen LogP contribution in [-0.4, -0.2) is 33.8 Å². The monoisotopic (exact) mass is 417 g/mol. The van der Waals surface area contributed by atoms with Gasteiger partial charge in [-0.25, -0.2) is 18.4 Å². The van der Waals surface area contributed by atoms with Crippen LogP contribution in [0, 0.1) is 0 Å². The predicted octanol–water partition coefficient (Wildman–Crippen LogP) is 3.87. The lowest BCUT2D eigenvalue weighted by atomic mass is 10.2. The number of aromatic hydroxyl groups is 1. The second-order valence-corrected chi connectivity index (χ2v) is 9.55. The number of fused-ring (bicyclic) bond motifs is 2. The van der Waals surface area contributed by atoms with Crippen LogP contribution in [0.15, 0.2) is 36.4 Å². The Hall–Kier alpha value is -2.33. The molecule has 0 aliphatic carbocycles. The Kier molecular flexibility index (Phi) is 4.68. The van der Waals surface area contributed by atoms with Crippen LogP contribution >= 0.6 is 22.7 Å². The highest BCUT2D eigenvalue weighted by Gasteiger charge is 2.06. The summed E-state index contributed by atoms with van der Waals surface area (Å²) in [7, 11) is -4.22. The third kappa shape index (κ3) is 4.33. The van der Waals surface area contributed by atoms with Crippen LogP contribution in [0.3, 0.4) is 0 Å². The van der Waals surface area contributed by atoms with Gasteiger partial charge in [0.25, 0.3) is 0 Å². The second-order valence-electron chi connectivity index (χ2n) is 5.90. The zero-order valence-electron chi connectivity index (χ0n) is 13.8. The molecular formula is C18H13N2O4S3-. The summed E-state index contributed by atoms with van der Waals surface area (Å²) in [4.78, 5) is 9.03. The number of phenolic OH excluding ortho intramolecular Hbond substituents is 1. The Balaban J connectivity index is 1.56. The molecule has 2 heterocycles. The third-order valence-corrected chi connectivity index (χ3v) is 6.54. The van der Waals surface area contributed by atoms with Crippen molar-refractivity contribution in [2.45, 2.75) is 6.42 Å². The number of rotatable bonds is 5. The van der Waals surface area contributed by atoms with Crippen LogP contribution < -0.4 is 0 Å². The summed E-state index contributed by atoms with van der Waals surface area (Å²) in [6, 6.07) is 10.6. The fourth-order valence-electron chi connectivity index (χ4n) is 2.60. The molecule has 4 rings (SSSR count). The van der Waals surface area contributed by atoms with Gasteiger partial charge in [-0.15, -0.1) is 22.7 Å². The van der Waals surface area contributed by atoms with Crippen LogP contribution in [0.5, 0.6) is 5.75 Å². The maximum Gasteiger partial charge on any atom is 0.117 e. The minimum absolute atomic E-state index is 0.198. The first-order chi connectivity index (χ1) is 12.9. The van der Waals surface area contributed by atoms with E-state index in [-0.39, 0.29) is 12.2 Å². The van der Waals surface area contributed by atoms with E-state index < -0.39 is 15.9 Å². The first-order valence-electron chi connectivity index (χ1n) is 7.96. The average molecular weight is 418 g/mol. The maximum atomic E-state index is 10.8. The van der Waals surface area contributed by atoms with Gasteiger partial charge in [-0.2, -0.15) is 0 Å². The number of thiazole rings is 2. The van der Waals surface area contributed by atoms with Crippen molar-refractivity contribution in [3.63, 3.8) is 0 Å². The molecule has 27 heavy (non-hydrogen) atoms. The highest BCUT2D eigenvalue weighted by Crippen LogP contribution is 2.28. The van der Waals surface area contributed by atoms with Crippen LogP contribution in [0.4, 0.5) is 0 Å². The van der Waals surface area contributed by atoms with E-state index in [1.165, 1.54) is 22.7 Å². The van der Waals surface area contributed by atoms with Crippen LogP contribution in [0.1, 0.15) is 15.6 Å². The van der Waals surface area contributed by atoms with Crippen LogP contribution in [0.25, 0.3) is 32.6 Å². The van der Waals surface area contributed by atoms with E-state index >= 15 is 0 Å². The van der Waals surface area contributed by atoms with Crippen LogP contribution in [-0.2, 0) is 16.5 Å². The molecule has 0 fully saturated rings. The van der Waals surface area contributed by atoms with Gasteiger partial charge in [0.05, 0.1) is 30.6 Å². The minimum atomic E-state index is -4.22. The third-order valence-electron chi connectivity index (χ3n) is 3.87. The van der Waals surface area contributed by atoms with Gasteiger partial charge in [-0.3, -0.25) is 0 Å².